The summed E-state index contributed by atoms with van der Waals surface area (Å²) >= 11 is 0. The number of carbonyl (C=O) groups excluding carboxylic acids is 1. The summed E-state index contributed by atoms with van der Waals surface area (Å²) in [6, 6.07) is 1.72. The number of rotatable bonds is 5. The second-order valence-electron chi connectivity index (χ2n) is 5.90. The van der Waals surface area contributed by atoms with Gasteiger partial charge in [0.15, 0.2) is 0 Å². The lowest BCUT2D eigenvalue weighted by Gasteiger charge is -2.16. The van der Waals surface area contributed by atoms with Crippen LogP contribution in [-0.2, 0) is 0 Å². The van der Waals surface area contributed by atoms with Crippen LogP contribution in [0.1, 0.15) is 36.0 Å². The van der Waals surface area contributed by atoms with Crippen molar-refractivity contribution in [2.45, 2.75) is 25.7 Å². The van der Waals surface area contributed by atoms with Gasteiger partial charge in [0.25, 0.3) is 5.91 Å². The molecule has 1 amide bonds. The molecule has 2 aliphatic carbocycles. The number of hydrogen-bond donors (Lipinski definition) is 2. The second-order valence-corrected chi connectivity index (χ2v) is 5.90. The zero-order chi connectivity index (χ0) is 14.3. The van der Waals surface area contributed by atoms with Crippen LogP contribution in [0.2, 0.25) is 0 Å². The van der Waals surface area contributed by atoms with E-state index in [4.69, 9.17) is 5.73 Å². The number of nitrogens with one attached hydrogen (secondary N) is 1. The fourth-order valence-electron chi connectivity index (χ4n) is 2.81. The average molecular weight is 280 g/mol. The maximum Gasteiger partial charge on any atom is 0.254 e. The van der Waals surface area contributed by atoms with Gasteiger partial charge in [-0.3, -0.25) is 4.79 Å². The fraction of sp³-hybridized carbons (Fsp3) is 0.533. The molecule has 0 unspecified atom stereocenters. The molecule has 0 aliphatic heterocycles. The van der Waals surface area contributed by atoms with E-state index in [1.165, 1.54) is 25.7 Å². The van der Waals surface area contributed by atoms with Crippen molar-refractivity contribution >= 4 is 11.6 Å². The van der Waals surface area contributed by atoms with Gasteiger partial charge < -0.3 is 11.1 Å². The smallest absolute Gasteiger partial charge is 0.254 e. The first kappa shape index (κ1) is 13.3. The Kier molecular flexibility index (Phi) is 3.36. The first-order chi connectivity index (χ1) is 9.56. The van der Waals surface area contributed by atoms with Gasteiger partial charge in [0, 0.05) is 12.6 Å². The van der Waals surface area contributed by atoms with Gasteiger partial charge in [0.05, 0.1) is 11.3 Å². The van der Waals surface area contributed by atoms with E-state index >= 15 is 0 Å². The van der Waals surface area contributed by atoms with E-state index in [9.17, 15) is 13.6 Å². The number of carbonyl (C=O) groups is 1. The fourth-order valence-corrected chi connectivity index (χ4v) is 2.81. The molecule has 2 fully saturated rings. The first-order valence-electron chi connectivity index (χ1n) is 7.09. The molecule has 0 atom stereocenters. The molecular weight excluding hydrogens is 262 g/mol. The van der Waals surface area contributed by atoms with E-state index in [1.54, 1.807) is 0 Å². The van der Waals surface area contributed by atoms with Crippen LogP contribution in [-0.4, -0.2) is 12.5 Å². The quantitative estimate of drug-likeness (QED) is 0.815. The third-order valence-corrected chi connectivity index (χ3v) is 4.28. The monoisotopic (exact) mass is 280 g/mol. The molecule has 5 heteroatoms. The molecule has 1 aromatic carbocycles. The predicted molar refractivity (Wildman–Crippen MR) is 72.0 cm³/mol. The Morgan fingerprint density at radius 3 is 2.35 bits per heavy atom. The van der Waals surface area contributed by atoms with E-state index < -0.39 is 17.5 Å². The number of amides is 1. The molecule has 3 nitrogen and oxygen atoms in total. The Labute approximate surface area is 116 Å². The number of anilines is 1. The van der Waals surface area contributed by atoms with Crippen LogP contribution >= 0.6 is 0 Å². The first-order valence-corrected chi connectivity index (χ1v) is 7.09. The number of nitrogens with two attached hydrogens (primary N) is 1. The van der Waals surface area contributed by atoms with Gasteiger partial charge in [-0.2, -0.15) is 0 Å². The SMILES string of the molecule is Nc1cc(C(=O)NCC(C2CC2)C2CC2)c(F)cc1F. The molecule has 3 N–H and O–H groups in total. The molecule has 0 aromatic heterocycles. The van der Waals surface area contributed by atoms with Crippen LogP contribution in [0.4, 0.5) is 14.5 Å². The van der Waals surface area contributed by atoms with Crippen molar-refractivity contribution in [1.82, 2.24) is 5.32 Å². The lowest BCUT2D eigenvalue weighted by molar-refractivity contribution is 0.0939. The molecular formula is C15H18F2N2O. The Bertz CT molecular complexity index is 527. The van der Waals surface area contributed by atoms with Gasteiger partial charge in [0.2, 0.25) is 0 Å². The predicted octanol–water partition coefficient (Wildman–Crippen LogP) is 2.71. The van der Waals surface area contributed by atoms with Gasteiger partial charge in [-0.25, -0.2) is 8.78 Å². The minimum Gasteiger partial charge on any atom is -0.396 e. The molecule has 0 bridgehead atoms. The lowest BCUT2D eigenvalue weighted by Crippen LogP contribution is -2.31. The number of nitrogen functional groups attached to an aromatic ring is 1. The topological polar surface area (TPSA) is 55.1 Å². The molecule has 0 saturated heterocycles. The molecule has 0 radical (unpaired) electrons. The third kappa shape index (κ3) is 2.76. The highest BCUT2D eigenvalue weighted by Crippen LogP contribution is 2.48. The number of hydrogen-bond acceptors (Lipinski definition) is 2. The highest BCUT2D eigenvalue weighted by Gasteiger charge is 2.41. The van der Waals surface area contributed by atoms with Gasteiger partial charge in [0.1, 0.15) is 11.6 Å². The van der Waals surface area contributed by atoms with Crippen molar-refractivity contribution in [3.63, 3.8) is 0 Å². The van der Waals surface area contributed by atoms with E-state index in [2.05, 4.69) is 5.32 Å². The zero-order valence-corrected chi connectivity index (χ0v) is 11.2. The Balaban J connectivity index is 1.65. The summed E-state index contributed by atoms with van der Waals surface area (Å²) in [5.74, 6) is -0.284. The van der Waals surface area contributed by atoms with Crippen LogP contribution in [0, 0.1) is 29.4 Å². The molecule has 108 valence electrons. The van der Waals surface area contributed by atoms with E-state index in [0.29, 0.717) is 30.4 Å². The minimum atomic E-state index is -0.872. The van der Waals surface area contributed by atoms with Crippen LogP contribution in [0.5, 0.6) is 0 Å². The summed E-state index contributed by atoms with van der Waals surface area (Å²) in [4.78, 5) is 12.0. The molecule has 2 saturated carbocycles. The summed E-state index contributed by atoms with van der Waals surface area (Å²) in [7, 11) is 0. The molecule has 0 spiro atoms. The maximum absolute atomic E-state index is 13.6. The summed E-state index contributed by atoms with van der Waals surface area (Å²) in [6.07, 6.45) is 4.92. The highest BCUT2D eigenvalue weighted by atomic mass is 19.1. The van der Waals surface area contributed by atoms with E-state index in [-0.39, 0.29) is 11.3 Å². The number of benzene rings is 1. The summed E-state index contributed by atoms with van der Waals surface area (Å²) in [6.45, 7) is 0.574. The average Bonchev–Trinajstić information content (AvgIpc) is 3.26. The van der Waals surface area contributed by atoms with Crippen molar-refractivity contribution in [2.75, 3.05) is 12.3 Å². The standard InChI is InChI=1S/C15H18F2N2O/c16-12-6-13(17)14(18)5-10(12)15(20)19-7-11(8-1-2-8)9-3-4-9/h5-6,8-9,11H,1-4,7,18H2,(H,19,20). The Morgan fingerprint density at radius 1 is 1.20 bits per heavy atom. The van der Waals surface area contributed by atoms with Crippen LogP contribution < -0.4 is 11.1 Å². The van der Waals surface area contributed by atoms with Gasteiger partial charge in [-0.15, -0.1) is 0 Å². The largest absolute Gasteiger partial charge is 0.396 e. The summed E-state index contributed by atoms with van der Waals surface area (Å²) in [5, 5.41) is 2.77. The van der Waals surface area contributed by atoms with Crippen molar-refractivity contribution in [1.29, 1.82) is 0 Å². The van der Waals surface area contributed by atoms with Gasteiger partial charge in [-0.05, 0) is 49.5 Å². The second kappa shape index (κ2) is 5.04. The number of halogens is 2. The molecule has 3 rings (SSSR count). The van der Waals surface area contributed by atoms with Gasteiger partial charge in [-0.1, -0.05) is 0 Å². The Hall–Kier alpha value is -1.65. The summed E-state index contributed by atoms with van der Waals surface area (Å²) in [5.41, 5.74) is 4.98. The van der Waals surface area contributed by atoms with Crippen LogP contribution in [0.25, 0.3) is 0 Å². The van der Waals surface area contributed by atoms with Crippen LogP contribution in [0.3, 0.4) is 0 Å². The van der Waals surface area contributed by atoms with Crippen LogP contribution in [0.15, 0.2) is 12.1 Å². The maximum atomic E-state index is 13.6. The normalized spacial score (nSPS) is 18.4. The van der Waals surface area contributed by atoms with Crippen molar-refractivity contribution in [3.05, 3.63) is 29.3 Å². The van der Waals surface area contributed by atoms with E-state index in [0.717, 1.165) is 6.07 Å². The molecule has 0 heterocycles. The zero-order valence-electron chi connectivity index (χ0n) is 11.2. The highest BCUT2D eigenvalue weighted by molar-refractivity contribution is 5.95. The third-order valence-electron chi connectivity index (χ3n) is 4.28. The molecule has 2 aliphatic rings. The van der Waals surface area contributed by atoms with Crippen molar-refractivity contribution in [3.8, 4) is 0 Å². The molecule has 20 heavy (non-hydrogen) atoms. The summed E-state index contributed by atoms with van der Waals surface area (Å²) < 4.78 is 26.7. The van der Waals surface area contributed by atoms with Crippen molar-refractivity contribution < 1.29 is 13.6 Å². The molecule has 1 aromatic rings. The minimum absolute atomic E-state index is 0.186. The van der Waals surface area contributed by atoms with Crippen molar-refractivity contribution in [2.24, 2.45) is 17.8 Å². The van der Waals surface area contributed by atoms with E-state index in [1.807, 2.05) is 0 Å². The lowest BCUT2D eigenvalue weighted by atomic mass is 9.98. The van der Waals surface area contributed by atoms with Gasteiger partial charge >= 0.3 is 0 Å². The Morgan fingerprint density at radius 2 is 1.80 bits per heavy atom.